The Hall–Kier alpha value is -2.04. The van der Waals surface area contributed by atoms with E-state index in [1.54, 1.807) is 0 Å². The standard InChI is InChI=1S/C17H25NO4/c1-2-6-14(9-10-16(19)20)11-12-18-17(21)22-13-15-7-4-3-5-8-15/h3-5,7-8,14H,2,6,9-13H2,1H3,(H,18,21)(H,19,20). The summed E-state index contributed by atoms with van der Waals surface area (Å²) in [4.78, 5) is 22.2. The van der Waals surface area contributed by atoms with Crippen molar-refractivity contribution in [3.63, 3.8) is 0 Å². The lowest BCUT2D eigenvalue weighted by Gasteiger charge is -2.15. The summed E-state index contributed by atoms with van der Waals surface area (Å²) in [7, 11) is 0. The van der Waals surface area contributed by atoms with Crippen LogP contribution in [0, 0.1) is 5.92 Å². The second-order valence-corrected chi connectivity index (χ2v) is 5.36. The van der Waals surface area contributed by atoms with Crippen LogP contribution in [0.4, 0.5) is 4.79 Å². The van der Waals surface area contributed by atoms with Gasteiger partial charge in [-0.3, -0.25) is 4.79 Å². The van der Waals surface area contributed by atoms with Crippen molar-refractivity contribution in [2.45, 2.75) is 45.6 Å². The summed E-state index contributed by atoms with van der Waals surface area (Å²) >= 11 is 0. The first-order chi connectivity index (χ1) is 10.6. The summed E-state index contributed by atoms with van der Waals surface area (Å²) in [6.07, 6.45) is 3.18. The Bertz CT molecular complexity index is 447. The highest BCUT2D eigenvalue weighted by molar-refractivity contribution is 5.67. The van der Waals surface area contributed by atoms with Gasteiger partial charge in [-0.2, -0.15) is 0 Å². The third kappa shape index (κ3) is 8.29. The number of alkyl carbamates (subject to hydrolysis) is 1. The maximum atomic E-state index is 11.6. The highest BCUT2D eigenvalue weighted by Gasteiger charge is 2.11. The van der Waals surface area contributed by atoms with Crippen molar-refractivity contribution in [3.05, 3.63) is 35.9 Å². The van der Waals surface area contributed by atoms with Gasteiger partial charge < -0.3 is 15.2 Å². The fraction of sp³-hybridized carbons (Fsp3) is 0.529. The van der Waals surface area contributed by atoms with Crippen LogP contribution >= 0.6 is 0 Å². The van der Waals surface area contributed by atoms with E-state index in [2.05, 4.69) is 12.2 Å². The molecule has 1 aromatic rings. The molecule has 0 saturated heterocycles. The van der Waals surface area contributed by atoms with E-state index >= 15 is 0 Å². The largest absolute Gasteiger partial charge is 0.481 e. The molecule has 0 fully saturated rings. The minimum Gasteiger partial charge on any atom is -0.481 e. The molecule has 122 valence electrons. The van der Waals surface area contributed by atoms with Crippen LogP contribution in [0.2, 0.25) is 0 Å². The normalized spacial score (nSPS) is 11.7. The molecule has 0 aromatic heterocycles. The predicted octanol–water partition coefficient (Wildman–Crippen LogP) is 3.58. The summed E-state index contributed by atoms with van der Waals surface area (Å²) in [6, 6.07) is 9.50. The van der Waals surface area contributed by atoms with Crippen molar-refractivity contribution < 1.29 is 19.4 Å². The average molecular weight is 307 g/mol. The molecule has 5 nitrogen and oxygen atoms in total. The zero-order chi connectivity index (χ0) is 16.2. The molecule has 0 aliphatic carbocycles. The van der Waals surface area contributed by atoms with E-state index in [1.807, 2.05) is 30.3 Å². The van der Waals surface area contributed by atoms with E-state index in [4.69, 9.17) is 9.84 Å². The minimum absolute atomic E-state index is 0.184. The number of carboxylic acids is 1. The highest BCUT2D eigenvalue weighted by Crippen LogP contribution is 2.17. The molecule has 0 heterocycles. The van der Waals surface area contributed by atoms with Crippen molar-refractivity contribution in [3.8, 4) is 0 Å². The van der Waals surface area contributed by atoms with Crippen LogP contribution in [-0.2, 0) is 16.1 Å². The number of carbonyl (C=O) groups is 2. The third-order valence-corrected chi connectivity index (χ3v) is 3.50. The van der Waals surface area contributed by atoms with E-state index in [9.17, 15) is 9.59 Å². The van der Waals surface area contributed by atoms with Crippen molar-refractivity contribution in [2.75, 3.05) is 6.54 Å². The molecule has 0 radical (unpaired) electrons. The second kappa shape index (κ2) is 10.7. The van der Waals surface area contributed by atoms with Gasteiger partial charge in [0.15, 0.2) is 0 Å². The molecular weight excluding hydrogens is 282 g/mol. The zero-order valence-electron chi connectivity index (χ0n) is 13.1. The van der Waals surface area contributed by atoms with Gasteiger partial charge in [0.2, 0.25) is 0 Å². The van der Waals surface area contributed by atoms with E-state index in [0.717, 1.165) is 24.8 Å². The molecule has 1 rings (SSSR count). The number of benzene rings is 1. The Morgan fingerprint density at radius 3 is 2.55 bits per heavy atom. The van der Waals surface area contributed by atoms with E-state index in [1.165, 1.54) is 0 Å². The van der Waals surface area contributed by atoms with Gasteiger partial charge in [0.05, 0.1) is 0 Å². The average Bonchev–Trinajstić information content (AvgIpc) is 2.51. The molecule has 1 aromatic carbocycles. The molecule has 0 aliphatic rings. The first kappa shape index (κ1) is 18.0. The lowest BCUT2D eigenvalue weighted by atomic mass is 9.94. The fourth-order valence-electron chi connectivity index (χ4n) is 2.32. The SMILES string of the molecule is CCCC(CCNC(=O)OCc1ccccc1)CCC(=O)O. The topological polar surface area (TPSA) is 75.6 Å². The first-order valence-corrected chi connectivity index (χ1v) is 7.78. The molecule has 5 heteroatoms. The maximum absolute atomic E-state index is 11.6. The van der Waals surface area contributed by atoms with Crippen LogP contribution in [0.25, 0.3) is 0 Å². The Labute approximate surface area is 131 Å². The van der Waals surface area contributed by atoms with Gasteiger partial charge in [-0.05, 0) is 24.3 Å². The number of ether oxygens (including phenoxy) is 1. The number of aliphatic carboxylic acids is 1. The van der Waals surface area contributed by atoms with Gasteiger partial charge in [0.1, 0.15) is 6.61 Å². The second-order valence-electron chi connectivity index (χ2n) is 5.36. The van der Waals surface area contributed by atoms with Gasteiger partial charge >= 0.3 is 12.1 Å². The van der Waals surface area contributed by atoms with Crippen LogP contribution in [0.15, 0.2) is 30.3 Å². The van der Waals surface area contributed by atoms with Crippen LogP contribution in [0.1, 0.15) is 44.6 Å². The number of hydrogen-bond donors (Lipinski definition) is 2. The quantitative estimate of drug-likeness (QED) is 0.692. The van der Waals surface area contributed by atoms with Crippen molar-refractivity contribution in [1.82, 2.24) is 5.32 Å². The summed E-state index contributed by atoms with van der Waals surface area (Å²) in [5.74, 6) is -0.438. The summed E-state index contributed by atoms with van der Waals surface area (Å²) < 4.78 is 5.12. The smallest absolute Gasteiger partial charge is 0.407 e. The Morgan fingerprint density at radius 1 is 1.18 bits per heavy atom. The lowest BCUT2D eigenvalue weighted by molar-refractivity contribution is -0.137. The van der Waals surface area contributed by atoms with E-state index < -0.39 is 12.1 Å². The zero-order valence-corrected chi connectivity index (χ0v) is 13.1. The van der Waals surface area contributed by atoms with Crippen LogP contribution in [-0.4, -0.2) is 23.7 Å². The van der Waals surface area contributed by atoms with Crippen molar-refractivity contribution in [2.24, 2.45) is 5.92 Å². The van der Waals surface area contributed by atoms with Crippen molar-refractivity contribution >= 4 is 12.1 Å². The van der Waals surface area contributed by atoms with Gasteiger partial charge in [-0.25, -0.2) is 4.79 Å². The summed E-state index contributed by atoms with van der Waals surface area (Å²) in [5, 5.41) is 11.5. The van der Waals surface area contributed by atoms with Gasteiger partial charge in [-0.1, -0.05) is 50.1 Å². The van der Waals surface area contributed by atoms with Crippen LogP contribution in [0.3, 0.4) is 0 Å². The number of hydrogen-bond acceptors (Lipinski definition) is 3. The molecule has 0 bridgehead atoms. The molecule has 2 N–H and O–H groups in total. The molecule has 1 amide bonds. The van der Waals surface area contributed by atoms with Gasteiger partial charge in [-0.15, -0.1) is 0 Å². The molecule has 0 aliphatic heterocycles. The summed E-state index contributed by atoms with van der Waals surface area (Å²) in [6.45, 7) is 2.84. The predicted molar refractivity (Wildman–Crippen MR) is 84.5 cm³/mol. The monoisotopic (exact) mass is 307 g/mol. The van der Waals surface area contributed by atoms with Crippen LogP contribution < -0.4 is 5.32 Å². The minimum atomic E-state index is -0.767. The fourth-order valence-corrected chi connectivity index (χ4v) is 2.32. The number of carbonyl (C=O) groups excluding carboxylic acids is 1. The highest BCUT2D eigenvalue weighted by atomic mass is 16.5. The number of carboxylic acid groups (broad SMARTS) is 1. The van der Waals surface area contributed by atoms with Gasteiger partial charge in [0.25, 0.3) is 0 Å². The molecule has 22 heavy (non-hydrogen) atoms. The Morgan fingerprint density at radius 2 is 1.91 bits per heavy atom. The molecular formula is C17H25NO4. The molecule has 0 spiro atoms. The number of amides is 1. The molecule has 1 unspecified atom stereocenters. The van der Waals surface area contributed by atoms with E-state index in [-0.39, 0.29) is 13.0 Å². The Kier molecular flexibility index (Phi) is 8.72. The molecule has 0 saturated carbocycles. The molecule has 1 atom stereocenters. The Balaban J connectivity index is 2.20. The van der Waals surface area contributed by atoms with Gasteiger partial charge in [0, 0.05) is 13.0 Å². The summed E-state index contributed by atoms with van der Waals surface area (Å²) in [5.41, 5.74) is 0.947. The number of rotatable bonds is 10. The first-order valence-electron chi connectivity index (χ1n) is 7.78. The lowest BCUT2D eigenvalue weighted by Crippen LogP contribution is -2.26. The third-order valence-electron chi connectivity index (χ3n) is 3.50. The van der Waals surface area contributed by atoms with Crippen molar-refractivity contribution in [1.29, 1.82) is 0 Å². The maximum Gasteiger partial charge on any atom is 0.407 e. The number of nitrogens with one attached hydrogen (secondary N) is 1. The van der Waals surface area contributed by atoms with E-state index in [0.29, 0.717) is 18.9 Å². The van der Waals surface area contributed by atoms with Crippen LogP contribution in [0.5, 0.6) is 0 Å².